The molecule has 2 saturated carbocycles. The number of thiophene rings is 1. The molecule has 2 aliphatic rings. The number of alkyl halides is 2. The van der Waals surface area contributed by atoms with E-state index in [4.69, 9.17) is 0 Å². The largest absolute Gasteiger partial charge is 0.332 e. The summed E-state index contributed by atoms with van der Waals surface area (Å²) < 4.78 is 29.7. The average Bonchev–Trinajstić information content (AvgIpc) is 3.45. The number of hydrogen-bond acceptors (Lipinski definition) is 5. The first-order chi connectivity index (χ1) is 13.0. The summed E-state index contributed by atoms with van der Waals surface area (Å²) in [5.74, 6) is -3.57. The van der Waals surface area contributed by atoms with Crippen LogP contribution in [-0.4, -0.2) is 26.8 Å². The highest BCUT2D eigenvalue weighted by molar-refractivity contribution is 7.20. The van der Waals surface area contributed by atoms with Crippen molar-refractivity contribution in [3.8, 4) is 0 Å². The average molecular weight is 410 g/mol. The van der Waals surface area contributed by atoms with Gasteiger partial charge in [-0.25, -0.2) is 13.6 Å². The molecular weight excluding hydrogens is 386 g/mol. The molecule has 1 N–H and O–H groups in total. The summed E-state index contributed by atoms with van der Waals surface area (Å²) in [6.45, 7) is 7.68. The Morgan fingerprint density at radius 1 is 1.32 bits per heavy atom. The first-order valence-corrected chi connectivity index (χ1v) is 10.3. The Morgan fingerprint density at radius 3 is 2.50 bits per heavy atom. The molecule has 2 fully saturated rings. The lowest BCUT2D eigenvalue weighted by atomic mass is 10.1. The lowest BCUT2D eigenvalue weighted by Gasteiger charge is -2.16. The van der Waals surface area contributed by atoms with Crippen molar-refractivity contribution >= 4 is 27.8 Å². The molecule has 1 unspecified atom stereocenters. The number of aromatic nitrogens is 2. The SMILES string of the molecule is Cc1c(C=NNC(C)(C)C)sc2c1c(=O)n(C1CC1)c(=O)n2CC1CC1(F)F. The highest BCUT2D eigenvalue weighted by atomic mass is 32.1. The number of rotatable bonds is 5. The Bertz CT molecular complexity index is 1090. The molecule has 0 saturated heterocycles. The van der Waals surface area contributed by atoms with E-state index in [1.165, 1.54) is 20.5 Å². The molecule has 152 valence electrons. The fourth-order valence-corrected chi connectivity index (χ4v) is 4.47. The minimum atomic E-state index is -2.72. The van der Waals surface area contributed by atoms with E-state index in [0.29, 0.717) is 10.2 Å². The van der Waals surface area contributed by atoms with Crippen molar-refractivity contribution in [2.24, 2.45) is 11.0 Å². The molecule has 9 heteroatoms. The molecule has 0 bridgehead atoms. The fourth-order valence-electron chi connectivity index (χ4n) is 3.29. The lowest BCUT2D eigenvalue weighted by molar-refractivity contribution is 0.0950. The van der Waals surface area contributed by atoms with Crippen LogP contribution in [0.1, 0.15) is 56.5 Å². The van der Waals surface area contributed by atoms with E-state index < -0.39 is 17.5 Å². The summed E-state index contributed by atoms with van der Waals surface area (Å²) >= 11 is 1.26. The molecule has 1 atom stereocenters. The van der Waals surface area contributed by atoms with Crippen molar-refractivity contribution < 1.29 is 8.78 Å². The molecule has 4 rings (SSSR count). The van der Waals surface area contributed by atoms with Gasteiger partial charge in [0, 0.05) is 30.5 Å². The number of nitrogens with zero attached hydrogens (tertiary/aromatic N) is 3. The van der Waals surface area contributed by atoms with Gasteiger partial charge in [0.25, 0.3) is 11.5 Å². The number of aryl methyl sites for hydroxylation is 1. The second-order valence-electron chi connectivity index (χ2n) is 8.85. The third-order valence-corrected chi connectivity index (χ3v) is 6.38. The van der Waals surface area contributed by atoms with E-state index in [1.54, 1.807) is 6.21 Å². The molecule has 0 amide bonds. The van der Waals surface area contributed by atoms with Crippen LogP contribution in [0.15, 0.2) is 14.7 Å². The van der Waals surface area contributed by atoms with E-state index in [0.717, 1.165) is 23.3 Å². The molecule has 0 aromatic carbocycles. The van der Waals surface area contributed by atoms with Crippen molar-refractivity contribution in [2.45, 2.75) is 71.0 Å². The van der Waals surface area contributed by atoms with Gasteiger partial charge >= 0.3 is 5.69 Å². The van der Waals surface area contributed by atoms with Crippen molar-refractivity contribution in [3.63, 3.8) is 0 Å². The maximum Gasteiger partial charge on any atom is 0.332 e. The van der Waals surface area contributed by atoms with Crippen molar-refractivity contribution in [3.05, 3.63) is 31.3 Å². The van der Waals surface area contributed by atoms with Crippen molar-refractivity contribution in [1.29, 1.82) is 0 Å². The standard InChI is InChI=1S/C19H24F2N4O2S/c1-10-13(8-22-23-18(2,3)4)28-16-14(10)15(26)25(12-5-6-12)17(27)24(16)9-11-7-19(11,20)21/h8,11-12,23H,5-7,9H2,1-4H3. The highest BCUT2D eigenvalue weighted by Crippen LogP contribution is 2.49. The van der Waals surface area contributed by atoms with Crippen LogP contribution in [-0.2, 0) is 6.54 Å². The summed E-state index contributed by atoms with van der Waals surface area (Å²) in [5, 5.41) is 4.68. The summed E-state index contributed by atoms with van der Waals surface area (Å²) in [7, 11) is 0. The third kappa shape index (κ3) is 3.40. The molecule has 0 spiro atoms. The van der Waals surface area contributed by atoms with E-state index in [-0.39, 0.29) is 30.1 Å². The van der Waals surface area contributed by atoms with E-state index >= 15 is 0 Å². The van der Waals surface area contributed by atoms with Gasteiger partial charge in [-0.15, -0.1) is 11.3 Å². The van der Waals surface area contributed by atoms with Crippen LogP contribution in [0.5, 0.6) is 0 Å². The summed E-state index contributed by atoms with van der Waals surface area (Å²) in [6, 6.07) is -0.116. The van der Waals surface area contributed by atoms with Crippen LogP contribution >= 0.6 is 11.3 Å². The molecule has 2 aliphatic carbocycles. The number of nitrogens with one attached hydrogen (secondary N) is 1. The van der Waals surface area contributed by atoms with Gasteiger partial charge in [-0.3, -0.25) is 13.9 Å². The van der Waals surface area contributed by atoms with Crippen LogP contribution in [0.4, 0.5) is 8.78 Å². The van der Waals surface area contributed by atoms with Gasteiger partial charge in [-0.2, -0.15) is 5.10 Å². The van der Waals surface area contributed by atoms with E-state index in [9.17, 15) is 18.4 Å². The highest BCUT2D eigenvalue weighted by Gasteiger charge is 2.57. The molecule has 6 nitrogen and oxygen atoms in total. The van der Waals surface area contributed by atoms with Crippen LogP contribution < -0.4 is 16.7 Å². The Kier molecular flexibility index (Phi) is 4.30. The zero-order chi connectivity index (χ0) is 20.4. The second kappa shape index (κ2) is 6.23. The smallest absolute Gasteiger partial charge is 0.305 e. The molecule has 2 aromatic heterocycles. The van der Waals surface area contributed by atoms with Gasteiger partial charge in [0.05, 0.1) is 16.5 Å². The van der Waals surface area contributed by atoms with E-state index in [1.807, 2.05) is 27.7 Å². The van der Waals surface area contributed by atoms with Gasteiger partial charge in [-0.05, 0) is 46.1 Å². The topological polar surface area (TPSA) is 68.4 Å². The van der Waals surface area contributed by atoms with Gasteiger partial charge in [-0.1, -0.05) is 0 Å². The van der Waals surface area contributed by atoms with Crippen molar-refractivity contribution in [2.75, 3.05) is 0 Å². The van der Waals surface area contributed by atoms with Gasteiger partial charge in [0.1, 0.15) is 4.83 Å². The predicted octanol–water partition coefficient (Wildman–Crippen LogP) is 3.25. The zero-order valence-electron chi connectivity index (χ0n) is 16.4. The summed E-state index contributed by atoms with van der Waals surface area (Å²) in [4.78, 5) is 27.2. The van der Waals surface area contributed by atoms with Gasteiger partial charge in [0.15, 0.2) is 0 Å². The Labute approximate surface area is 164 Å². The number of hydrogen-bond donors (Lipinski definition) is 1. The Hall–Kier alpha value is -2.03. The molecule has 0 aliphatic heterocycles. The van der Waals surface area contributed by atoms with Crippen LogP contribution in [0.3, 0.4) is 0 Å². The first-order valence-electron chi connectivity index (χ1n) is 9.46. The summed E-state index contributed by atoms with van der Waals surface area (Å²) in [5.41, 5.74) is 2.73. The Morgan fingerprint density at radius 2 is 1.96 bits per heavy atom. The van der Waals surface area contributed by atoms with Crippen LogP contribution in [0.25, 0.3) is 10.2 Å². The third-order valence-electron chi connectivity index (χ3n) is 5.13. The van der Waals surface area contributed by atoms with Gasteiger partial charge < -0.3 is 5.43 Å². The molecule has 28 heavy (non-hydrogen) atoms. The zero-order valence-corrected chi connectivity index (χ0v) is 17.2. The van der Waals surface area contributed by atoms with E-state index in [2.05, 4.69) is 10.5 Å². The quantitative estimate of drug-likeness (QED) is 0.608. The van der Waals surface area contributed by atoms with Crippen LogP contribution in [0.2, 0.25) is 0 Å². The lowest BCUT2D eigenvalue weighted by Crippen LogP contribution is -2.39. The Balaban J connectivity index is 1.85. The van der Waals surface area contributed by atoms with Crippen LogP contribution in [0, 0.1) is 12.8 Å². The number of halogens is 2. The molecule has 2 heterocycles. The number of hydrazone groups is 1. The minimum Gasteiger partial charge on any atom is -0.305 e. The number of fused-ring (bicyclic) bond motifs is 1. The molecule has 0 radical (unpaired) electrons. The maximum absolute atomic E-state index is 13.5. The summed E-state index contributed by atoms with van der Waals surface area (Å²) in [6.07, 6.45) is 2.96. The molecular formula is C19H24F2N4O2S. The minimum absolute atomic E-state index is 0.0634. The fraction of sp³-hybridized carbons (Fsp3) is 0.632. The van der Waals surface area contributed by atoms with Crippen molar-refractivity contribution in [1.82, 2.24) is 14.6 Å². The predicted molar refractivity (Wildman–Crippen MR) is 107 cm³/mol. The second-order valence-corrected chi connectivity index (χ2v) is 9.88. The maximum atomic E-state index is 13.5. The molecule has 2 aromatic rings. The normalized spacial score (nSPS) is 21.6. The first kappa shape index (κ1) is 19.3. The van der Waals surface area contributed by atoms with Gasteiger partial charge in [0.2, 0.25) is 0 Å². The monoisotopic (exact) mass is 410 g/mol.